The van der Waals surface area contributed by atoms with E-state index in [1.807, 2.05) is 30.0 Å². The number of nitrogens with zero attached hydrogens (tertiary/aromatic N) is 1. The minimum Gasteiger partial charge on any atom is -0.340 e. The van der Waals surface area contributed by atoms with Gasteiger partial charge in [0.2, 0.25) is 5.91 Å². The van der Waals surface area contributed by atoms with E-state index in [1.54, 1.807) is 0 Å². The Morgan fingerprint density at radius 3 is 2.81 bits per heavy atom. The molecule has 0 saturated carbocycles. The number of rotatable bonds is 6. The molecular formula is C16H23N3O2. The topological polar surface area (TPSA) is 61.4 Å². The van der Waals surface area contributed by atoms with Crippen LogP contribution in [0.5, 0.6) is 0 Å². The Hall–Kier alpha value is -2.04. The molecule has 0 aliphatic carbocycles. The maximum atomic E-state index is 12.0. The highest BCUT2D eigenvalue weighted by Crippen LogP contribution is 2.12. The lowest BCUT2D eigenvalue weighted by Crippen LogP contribution is -2.43. The van der Waals surface area contributed by atoms with Crippen molar-refractivity contribution in [3.8, 4) is 0 Å². The van der Waals surface area contributed by atoms with E-state index in [-0.39, 0.29) is 18.0 Å². The summed E-state index contributed by atoms with van der Waals surface area (Å²) in [5.41, 5.74) is 1.22. The zero-order valence-electron chi connectivity index (χ0n) is 12.5. The number of benzene rings is 1. The van der Waals surface area contributed by atoms with E-state index in [0.29, 0.717) is 26.1 Å². The SMILES string of the molecule is CCCNC(=O)N[C@H]1CC(=O)N(CCc2ccccc2)C1. The Balaban J connectivity index is 1.76. The number of carbonyl (C=O) groups excluding carboxylic acids is 2. The molecule has 1 aromatic carbocycles. The summed E-state index contributed by atoms with van der Waals surface area (Å²) < 4.78 is 0. The van der Waals surface area contributed by atoms with Gasteiger partial charge in [0.1, 0.15) is 0 Å². The summed E-state index contributed by atoms with van der Waals surface area (Å²) in [6.45, 7) is 3.97. The van der Waals surface area contributed by atoms with Gasteiger partial charge in [0, 0.05) is 26.1 Å². The van der Waals surface area contributed by atoms with Crippen LogP contribution in [0, 0.1) is 0 Å². The highest BCUT2D eigenvalue weighted by atomic mass is 16.2. The molecule has 2 rings (SSSR count). The van der Waals surface area contributed by atoms with Crippen LogP contribution in [0.15, 0.2) is 30.3 Å². The fraction of sp³-hybridized carbons (Fsp3) is 0.500. The van der Waals surface area contributed by atoms with Crippen molar-refractivity contribution >= 4 is 11.9 Å². The molecule has 0 aromatic heterocycles. The first kappa shape index (κ1) is 15.4. The van der Waals surface area contributed by atoms with Gasteiger partial charge in [-0.2, -0.15) is 0 Å². The Bertz CT molecular complexity index is 476. The summed E-state index contributed by atoms with van der Waals surface area (Å²) in [6.07, 6.45) is 2.15. The monoisotopic (exact) mass is 289 g/mol. The molecule has 1 aromatic rings. The molecule has 0 unspecified atom stereocenters. The number of urea groups is 1. The first-order valence-electron chi connectivity index (χ1n) is 7.55. The summed E-state index contributed by atoms with van der Waals surface area (Å²) >= 11 is 0. The molecule has 0 spiro atoms. The molecule has 114 valence electrons. The number of hydrogen-bond donors (Lipinski definition) is 2. The van der Waals surface area contributed by atoms with Crippen LogP contribution in [0.25, 0.3) is 0 Å². The molecule has 1 aliphatic heterocycles. The van der Waals surface area contributed by atoms with Crippen LogP contribution in [0.4, 0.5) is 4.79 Å². The highest BCUT2D eigenvalue weighted by Gasteiger charge is 2.30. The summed E-state index contributed by atoms with van der Waals surface area (Å²) in [6, 6.07) is 9.86. The fourth-order valence-corrected chi connectivity index (χ4v) is 2.47. The zero-order valence-corrected chi connectivity index (χ0v) is 12.5. The van der Waals surface area contributed by atoms with Crippen LogP contribution in [0.1, 0.15) is 25.3 Å². The summed E-state index contributed by atoms with van der Waals surface area (Å²) in [7, 11) is 0. The van der Waals surface area contributed by atoms with Gasteiger partial charge in [0.05, 0.1) is 6.04 Å². The first-order chi connectivity index (χ1) is 10.2. The van der Waals surface area contributed by atoms with Gasteiger partial charge in [-0.25, -0.2) is 4.79 Å². The van der Waals surface area contributed by atoms with Gasteiger partial charge in [-0.1, -0.05) is 37.3 Å². The van der Waals surface area contributed by atoms with Crippen molar-refractivity contribution in [1.29, 1.82) is 0 Å². The Morgan fingerprint density at radius 2 is 2.10 bits per heavy atom. The minimum atomic E-state index is -0.181. The Labute approximate surface area is 125 Å². The molecule has 5 heteroatoms. The van der Waals surface area contributed by atoms with Crippen molar-refractivity contribution in [1.82, 2.24) is 15.5 Å². The lowest BCUT2D eigenvalue weighted by atomic mass is 10.1. The number of carbonyl (C=O) groups is 2. The van der Waals surface area contributed by atoms with Crippen molar-refractivity contribution in [2.45, 2.75) is 32.2 Å². The predicted molar refractivity (Wildman–Crippen MR) is 82.0 cm³/mol. The average molecular weight is 289 g/mol. The molecule has 1 fully saturated rings. The van der Waals surface area contributed by atoms with Crippen LogP contribution >= 0.6 is 0 Å². The van der Waals surface area contributed by atoms with E-state index in [0.717, 1.165) is 12.8 Å². The molecule has 1 atom stereocenters. The third-order valence-electron chi connectivity index (χ3n) is 3.60. The van der Waals surface area contributed by atoms with E-state index in [1.165, 1.54) is 5.56 Å². The summed E-state index contributed by atoms with van der Waals surface area (Å²) in [5, 5.41) is 5.63. The second kappa shape index (κ2) is 7.67. The quantitative estimate of drug-likeness (QED) is 0.834. The summed E-state index contributed by atoms with van der Waals surface area (Å²) in [4.78, 5) is 25.4. The smallest absolute Gasteiger partial charge is 0.315 e. The van der Waals surface area contributed by atoms with Gasteiger partial charge in [-0.15, -0.1) is 0 Å². The molecule has 2 N–H and O–H groups in total. The number of nitrogens with one attached hydrogen (secondary N) is 2. The van der Waals surface area contributed by atoms with Gasteiger partial charge in [0.15, 0.2) is 0 Å². The first-order valence-corrected chi connectivity index (χ1v) is 7.55. The van der Waals surface area contributed by atoms with Gasteiger partial charge in [-0.05, 0) is 18.4 Å². The third kappa shape index (κ3) is 4.77. The second-order valence-corrected chi connectivity index (χ2v) is 5.38. The Morgan fingerprint density at radius 1 is 1.33 bits per heavy atom. The lowest BCUT2D eigenvalue weighted by Gasteiger charge is -2.17. The maximum Gasteiger partial charge on any atom is 0.315 e. The molecule has 5 nitrogen and oxygen atoms in total. The standard InChI is InChI=1S/C16H23N3O2/c1-2-9-17-16(21)18-14-11-15(20)19(12-14)10-8-13-6-4-3-5-7-13/h3-7,14H,2,8-12H2,1H3,(H2,17,18,21)/t14-/m0/s1. The normalized spacial score (nSPS) is 17.9. The molecule has 3 amide bonds. The molecular weight excluding hydrogens is 266 g/mol. The molecule has 21 heavy (non-hydrogen) atoms. The number of hydrogen-bond acceptors (Lipinski definition) is 2. The largest absolute Gasteiger partial charge is 0.340 e. The molecule has 1 saturated heterocycles. The average Bonchev–Trinajstić information content (AvgIpc) is 2.84. The van der Waals surface area contributed by atoms with E-state index >= 15 is 0 Å². The molecule has 1 aliphatic rings. The van der Waals surface area contributed by atoms with Gasteiger partial charge >= 0.3 is 6.03 Å². The van der Waals surface area contributed by atoms with Crippen LogP contribution in [-0.4, -0.2) is 42.5 Å². The van der Waals surface area contributed by atoms with Crippen LogP contribution in [0.3, 0.4) is 0 Å². The fourth-order valence-electron chi connectivity index (χ4n) is 2.47. The van der Waals surface area contributed by atoms with Crippen LogP contribution in [0.2, 0.25) is 0 Å². The maximum absolute atomic E-state index is 12.0. The van der Waals surface area contributed by atoms with Crippen molar-refractivity contribution in [3.05, 3.63) is 35.9 Å². The van der Waals surface area contributed by atoms with Crippen molar-refractivity contribution < 1.29 is 9.59 Å². The second-order valence-electron chi connectivity index (χ2n) is 5.38. The molecule has 1 heterocycles. The van der Waals surface area contributed by atoms with Gasteiger partial charge in [-0.3, -0.25) is 4.79 Å². The van der Waals surface area contributed by atoms with E-state index < -0.39 is 0 Å². The van der Waals surface area contributed by atoms with Gasteiger partial charge < -0.3 is 15.5 Å². The van der Waals surface area contributed by atoms with E-state index in [2.05, 4.69) is 22.8 Å². The van der Waals surface area contributed by atoms with Crippen LogP contribution in [-0.2, 0) is 11.2 Å². The van der Waals surface area contributed by atoms with Crippen molar-refractivity contribution in [2.75, 3.05) is 19.6 Å². The summed E-state index contributed by atoms with van der Waals surface area (Å²) in [5.74, 6) is 0.117. The highest BCUT2D eigenvalue weighted by molar-refractivity contribution is 5.81. The molecule has 0 radical (unpaired) electrons. The lowest BCUT2D eigenvalue weighted by molar-refractivity contribution is -0.127. The van der Waals surface area contributed by atoms with Gasteiger partial charge in [0.25, 0.3) is 0 Å². The zero-order chi connectivity index (χ0) is 15.1. The third-order valence-corrected chi connectivity index (χ3v) is 3.60. The number of likely N-dealkylation sites (tertiary alicyclic amines) is 1. The predicted octanol–water partition coefficient (Wildman–Crippen LogP) is 1.54. The van der Waals surface area contributed by atoms with Crippen LogP contribution < -0.4 is 10.6 Å². The van der Waals surface area contributed by atoms with Crippen molar-refractivity contribution in [3.63, 3.8) is 0 Å². The van der Waals surface area contributed by atoms with E-state index in [9.17, 15) is 9.59 Å². The molecule has 0 bridgehead atoms. The number of amides is 3. The van der Waals surface area contributed by atoms with E-state index in [4.69, 9.17) is 0 Å². The minimum absolute atomic E-state index is 0.0786. The Kier molecular flexibility index (Phi) is 5.60. The van der Waals surface area contributed by atoms with Crippen molar-refractivity contribution in [2.24, 2.45) is 0 Å².